The molecule has 0 aromatic carbocycles. The largest absolute Gasteiger partial charge is 0.372 e. The summed E-state index contributed by atoms with van der Waals surface area (Å²) in [5.74, 6) is -0.0285. The Morgan fingerprint density at radius 1 is 1.47 bits per heavy atom. The second kappa shape index (κ2) is 2.73. The van der Waals surface area contributed by atoms with E-state index in [-0.39, 0.29) is 11.9 Å². The lowest BCUT2D eigenvalue weighted by atomic mass is 10.1. The zero-order chi connectivity index (χ0) is 10.4. The molecule has 1 aliphatic rings. The number of amides is 1. The molecule has 0 fully saturated rings. The number of pyridine rings is 1. The first kappa shape index (κ1) is 8.28. The lowest BCUT2D eigenvalue weighted by molar-refractivity contribution is -0.116. The van der Waals surface area contributed by atoms with E-state index in [1.807, 2.05) is 19.2 Å². The van der Waals surface area contributed by atoms with Crippen LogP contribution in [-0.2, 0) is 4.79 Å². The van der Waals surface area contributed by atoms with Crippen molar-refractivity contribution in [2.75, 3.05) is 10.6 Å². The number of aromatic nitrogens is 2. The summed E-state index contributed by atoms with van der Waals surface area (Å²) >= 11 is 0. The molecule has 2 aromatic heterocycles. The standard InChI is InChI=1S/C10H10N4O/c1-5-10(15)14-7-4-12-9-6(2-3-11-9)8(7)13-5/h2-5,13H,1H3,(H,11,12)(H,14,15)/t5-/m1/s1. The summed E-state index contributed by atoms with van der Waals surface area (Å²) in [6.07, 6.45) is 3.49. The van der Waals surface area contributed by atoms with Crippen LogP contribution < -0.4 is 10.6 Å². The monoisotopic (exact) mass is 202 g/mol. The first-order chi connectivity index (χ1) is 7.25. The average molecular weight is 202 g/mol. The number of H-pyrrole nitrogens is 1. The molecule has 5 heteroatoms. The van der Waals surface area contributed by atoms with Gasteiger partial charge in [-0.05, 0) is 13.0 Å². The molecule has 0 bridgehead atoms. The van der Waals surface area contributed by atoms with Crippen LogP contribution in [0.1, 0.15) is 6.92 Å². The fourth-order valence-electron chi connectivity index (χ4n) is 1.78. The Morgan fingerprint density at radius 2 is 2.33 bits per heavy atom. The van der Waals surface area contributed by atoms with Gasteiger partial charge >= 0.3 is 0 Å². The van der Waals surface area contributed by atoms with Crippen LogP contribution >= 0.6 is 0 Å². The van der Waals surface area contributed by atoms with Crippen LogP contribution in [0.4, 0.5) is 11.4 Å². The van der Waals surface area contributed by atoms with Crippen molar-refractivity contribution < 1.29 is 4.79 Å². The van der Waals surface area contributed by atoms with Gasteiger partial charge in [-0.3, -0.25) is 4.79 Å². The number of fused-ring (bicyclic) bond motifs is 3. The smallest absolute Gasteiger partial charge is 0.246 e. The van der Waals surface area contributed by atoms with Crippen molar-refractivity contribution in [3.05, 3.63) is 18.5 Å². The van der Waals surface area contributed by atoms with Gasteiger partial charge in [0.15, 0.2) is 0 Å². The van der Waals surface area contributed by atoms with Crippen molar-refractivity contribution in [1.29, 1.82) is 0 Å². The molecule has 0 unspecified atom stereocenters. The van der Waals surface area contributed by atoms with Gasteiger partial charge in [0, 0.05) is 11.6 Å². The first-order valence-electron chi connectivity index (χ1n) is 4.79. The van der Waals surface area contributed by atoms with Gasteiger partial charge in [0.1, 0.15) is 11.7 Å². The highest BCUT2D eigenvalue weighted by molar-refractivity contribution is 6.08. The van der Waals surface area contributed by atoms with Crippen LogP contribution in [0.15, 0.2) is 18.5 Å². The molecule has 1 atom stereocenters. The molecule has 1 aliphatic heterocycles. The fourth-order valence-corrected chi connectivity index (χ4v) is 1.78. The van der Waals surface area contributed by atoms with E-state index in [4.69, 9.17) is 0 Å². The number of hydrogen-bond acceptors (Lipinski definition) is 3. The van der Waals surface area contributed by atoms with Crippen LogP contribution in [-0.4, -0.2) is 21.9 Å². The van der Waals surface area contributed by atoms with Crippen LogP contribution in [0.5, 0.6) is 0 Å². The van der Waals surface area contributed by atoms with Crippen molar-refractivity contribution in [2.45, 2.75) is 13.0 Å². The first-order valence-corrected chi connectivity index (χ1v) is 4.79. The van der Waals surface area contributed by atoms with E-state index in [9.17, 15) is 4.79 Å². The number of carbonyl (C=O) groups excluding carboxylic acids is 1. The zero-order valence-corrected chi connectivity index (χ0v) is 8.16. The third-order valence-corrected chi connectivity index (χ3v) is 2.60. The van der Waals surface area contributed by atoms with E-state index in [0.29, 0.717) is 0 Å². The maximum Gasteiger partial charge on any atom is 0.246 e. The van der Waals surface area contributed by atoms with E-state index >= 15 is 0 Å². The molecule has 0 saturated heterocycles. The average Bonchev–Trinajstić information content (AvgIpc) is 2.68. The minimum absolute atomic E-state index is 0.0285. The predicted octanol–water partition coefficient (Wildman–Crippen LogP) is 1.32. The number of nitrogens with one attached hydrogen (secondary N) is 3. The maximum absolute atomic E-state index is 11.4. The minimum atomic E-state index is -0.210. The molecule has 0 spiro atoms. The number of nitrogens with zero attached hydrogens (tertiary/aromatic N) is 1. The molecular weight excluding hydrogens is 192 g/mol. The molecule has 15 heavy (non-hydrogen) atoms. The number of hydrogen-bond donors (Lipinski definition) is 3. The summed E-state index contributed by atoms with van der Waals surface area (Å²) in [6.45, 7) is 1.83. The molecule has 2 aromatic rings. The molecule has 3 heterocycles. The molecule has 0 radical (unpaired) electrons. The van der Waals surface area contributed by atoms with Gasteiger partial charge in [-0.25, -0.2) is 4.98 Å². The Balaban J connectivity index is 2.26. The van der Waals surface area contributed by atoms with E-state index in [1.54, 1.807) is 6.20 Å². The maximum atomic E-state index is 11.4. The molecule has 76 valence electrons. The molecule has 0 saturated carbocycles. The van der Waals surface area contributed by atoms with Gasteiger partial charge < -0.3 is 15.6 Å². The van der Waals surface area contributed by atoms with Crippen molar-refractivity contribution in [2.24, 2.45) is 0 Å². The molecule has 3 N–H and O–H groups in total. The Kier molecular flexibility index (Phi) is 1.50. The number of rotatable bonds is 0. The van der Waals surface area contributed by atoms with Crippen LogP contribution in [0.25, 0.3) is 11.0 Å². The predicted molar refractivity (Wildman–Crippen MR) is 57.8 cm³/mol. The van der Waals surface area contributed by atoms with Gasteiger partial charge in [0.05, 0.1) is 17.6 Å². The summed E-state index contributed by atoms with van der Waals surface area (Å²) in [4.78, 5) is 18.7. The Bertz CT molecular complexity index is 545. The second-order valence-electron chi connectivity index (χ2n) is 3.64. The van der Waals surface area contributed by atoms with E-state index in [0.717, 1.165) is 22.4 Å². The molecule has 0 aliphatic carbocycles. The minimum Gasteiger partial charge on any atom is -0.372 e. The Labute approximate surface area is 85.9 Å². The van der Waals surface area contributed by atoms with Crippen molar-refractivity contribution in [1.82, 2.24) is 9.97 Å². The van der Waals surface area contributed by atoms with Gasteiger partial charge in [-0.1, -0.05) is 0 Å². The lowest BCUT2D eigenvalue weighted by Gasteiger charge is -2.24. The zero-order valence-electron chi connectivity index (χ0n) is 8.16. The third-order valence-electron chi connectivity index (χ3n) is 2.60. The quantitative estimate of drug-likeness (QED) is 0.603. The van der Waals surface area contributed by atoms with Crippen LogP contribution in [0.3, 0.4) is 0 Å². The second-order valence-corrected chi connectivity index (χ2v) is 3.64. The lowest BCUT2D eigenvalue weighted by Crippen LogP contribution is -2.36. The van der Waals surface area contributed by atoms with Crippen molar-refractivity contribution in [3.8, 4) is 0 Å². The van der Waals surface area contributed by atoms with Gasteiger partial charge in [0.2, 0.25) is 5.91 Å². The SMILES string of the molecule is C[C@H]1Nc2c(cnc3[nH]ccc23)NC1=O. The fraction of sp³-hybridized carbons (Fsp3) is 0.200. The van der Waals surface area contributed by atoms with Crippen molar-refractivity contribution >= 4 is 28.3 Å². The molecule has 5 nitrogen and oxygen atoms in total. The molecular formula is C10H10N4O. The molecule has 3 rings (SSSR count). The highest BCUT2D eigenvalue weighted by atomic mass is 16.2. The van der Waals surface area contributed by atoms with Gasteiger partial charge in [-0.2, -0.15) is 0 Å². The third kappa shape index (κ3) is 1.09. The summed E-state index contributed by atoms with van der Waals surface area (Å²) in [5.41, 5.74) is 2.50. The highest BCUT2D eigenvalue weighted by Crippen LogP contribution is 2.32. The van der Waals surface area contributed by atoms with Gasteiger partial charge in [0.25, 0.3) is 0 Å². The van der Waals surface area contributed by atoms with E-state index < -0.39 is 0 Å². The Morgan fingerprint density at radius 3 is 3.20 bits per heavy atom. The summed E-state index contributed by atoms with van der Waals surface area (Å²) < 4.78 is 0. The molecule has 1 amide bonds. The Hall–Kier alpha value is -2.04. The van der Waals surface area contributed by atoms with E-state index in [1.165, 1.54) is 0 Å². The summed E-state index contributed by atoms with van der Waals surface area (Å²) in [7, 11) is 0. The summed E-state index contributed by atoms with van der Waals surface area (Å²) in [6, 6.07) is 1.73. The van der Waals surface area contributed by atoms with E-state index in [2.05, 4.69) is 20.6 Å². The highest BCUT2D eigenvalue weighted by Gasteiger charge is 2.23. The summed E-state index contributed by atoms with van der Waals surface area (Å²) in [5, 5.41) is 6.98. The van der Waals surface area contributed by atoms with Crippen LogP contribution in [0.2, 0.25) is 0 Å². The normalized spacial score (nSPS) is 19.5. The topological polar surface area (TPSA) is 69.8 Å². The van der Waals surface area contributed by atoms with Crippen LogP contribution in [0, 0.1) is 0 Å². The van der Waals surface area contributed by atoms with Gasteiger partial charge in [-0.15, -0.1) is 0 Å². The number of carbonyl (C=O) groups is 1. The number of anilines is 2. The number of aromatic amines is 1. The van der Waals surface area contributed by atoms with Crippen molar-refractivity contribution in [3.63, 3.8) is 0 Å².